The van der Waals surface area contributed by atoms with Crippen LogP contribution in [0.4, 0.5) is 0 Å². The highest BCUT2D eigenvalue weighted by Crippen LogP contribution is 2.35. The van der Waals surface area contributed by atoms with Crippen LogP contribution >= 0.6 is 0 Å². The maximum atomic E-state index is 11.7. The summed E-state index contributed by atoms with van der Waals surface area (Å²) in [7, 11) is 0. The number of carbonyl (C=O) groups excluding carboxylic acids is 3. The Kier molecular flexibility index (Phi) is 4.00. The molecule has 112 valence electrons. The topological polar surface area (TPSA) is 74.6 Å². The third-order valence-electron chi connectivity index (χ3n) is 2.87. The SMILES string of the molecule is C#Cc1cn(C(C)=O)c2cc(OC(C)=O)c(OC(C)=O)cc12. The molecule has 0 fully saturated rings. The van der Waals surface area contributed by atoms with Gasteiger partial charge in [0.05, 0.1) is 11.1 Å². The van der Waals surface area contributed by atoms with Crippen molar-refractivity contribution < 1.29 is 23.9 Å². The molecule has 1 aromatic carbocycles. The predicted octanol–water partition coefficient (Wildman–Crippen LogP) is 2.13. The van der Waals surface area contributed by atoms with E-state index in [1.165, 1.54) is 43.7 Å². The number of benzene rings is 1. The van der Waals surface area contributed by atoms with Crippen LogP contribution in [0.25, 0.3) is 10.9 Å². The fraction of sp³-hybridized carbons (Fsp3) is 0.188. The van der Waals surface area contributed by atoms with Crippen LogP contribution in [-0.2, 0) is 9.59 Å². The number of terminal acetylenes is 1. The van der Waals surface area contributed by atoms with Gasteiger partial charge in [0, 0.05) is 38.4 Å². The van der Waals surface area contributed by atoms with Gasteiger partial charge in [0.1, 0.15) is 0 Å². The van der Waals surface area contributed by atoms with E-state index in [0.717, 1.165) is 0 Å². The van der Waals surface area contributed by atoms with Gasteiger partial charge in [-0.15, -0.1) is 6.42 Å². The molecule has 0 unspecified atom stereocenters. The van der Waals surface area contributed by atoms with E-state index in [2.05, 4.69) is 5.92 Å². The molecule has 0 N–H and O–H groups in total. The van der Waals surface area contributed by atoms with Gasteiger partial charge in [-0.2, -0.15) is 0 Å². The molecule has 0 spiro atoms. The maximum absolute atomic E-state index is 11.7. The van der Waals surface area contributed by atoms with Crippen molar-refractivity contribution in [3.05, 3.63) is 23.9 Å². The van der Waals surface area contributed by atoms with Gasteiger partial charge < -0.3 is 9.47 Å². The number of carbonyl (C=O) groups is 3. The van der Waals surface area contributed by atoms with E-state index < -0.39 is 11.9 Å². The Hall–Kier alpha value is -3.07. The van der Waals surface area contributed by atoms with Gasteiger partial charge in [-0.3, -0.25) is 19.0 Å². The van der Waals surface area contributed by atoms with Crippen molar-refractivity contribution >= 4 is 28.7 Å². The number of rotatable bonds is 2. The summed E-state index contributed by atoms with van der Waals surface area (Å²) in [6, 6.07) is 2.92. The number of hydrogen-bond acceptors (Lipinski definition) is 5. The number of nitrogens with zero attached hydrogens (tertiary/aromatic N) is 1. The molecule has 22 heavy (non-hydrogen) atoms. The van der Waals surface area contributed by atoms with Crippen molar-refractivity contribution in [1.82, 2.24) is 4.57 Å². The van der Waals surface area contributed by atoms with Crippen LogP contribution in [0.15, 0.2) is 18.3 Å². The van der Waals surface area contributed by atoms with E-state index in [1.807, 2.05) is 0 Å². The molecule has 0 atom stereocenters. The minimum absolute atomic E-state index is 0.0411. The maximum Gasteiger partial charge on any atom is 0.308 e. The van der Waals surface area contributed by atoms with Crippen LogP contribution in [0.2, 0.25) is 0 Å². The highest BCUT2D eigenvalue weighted by molar-refractivity contribution is 5.97. The van der Waals surface area contributed by atoms with Crippen LogP contribution in [0.1, 0.15) is 31.1 Å². The molecule has 1 heterocycles. The van der Waals surface area contributed by atoms with Gasteiger partial charge in [-0.05, 0) is 6.07 Å². The average Bonchev–Trinajstić information content (AvgIpc) is 2.75. The Morgan fingerprint density at radius 3 is 2.05 bits per heavy atom. The zero-order valence-electron chi connectivity index (χ0n) is 12.3. The van der Waals surface area contributed by atoms with Crippen molar-refractivity contribution in [2.24, 2.45) is 0 Å². The second-order valence-electron chi connectivity index (χ2n) is 4.58. The Bertz CT molecular complexity index is 838. The van der Waals surface area contributed by atoms with E-state index in [4.69, 9.17) is 15.9 Å². The number of hydrogen-bond donors (Lipinski definition) is 0. The molecule has 0 aliphatic rings. The molecule has 0 aliphatic carbocycles. The molecular weight excluding hydrogens is 286 g/mol. The summed E-state index contributed by atoms with van der Waals surface area (Å²) >= 11 is 0. The molecule has 0 bridgehead atoms. The fourth-order valence-electron chi connectivity index (χ4n) is 2.08. The molecule has 6 nitrogen and oxygen atoms in total. The van der Waals surface area contributed by atoms with Gasteiger partial charge in [0.2, 0.25) is 5.91 Å². The van der Waals surface area contributed by atoms with Gasteiger partial charge in [0.25, 0.3) is 0 Å². The minimum Gasteiger partial charge on any atom is -0.423 e. The molecule has 6 heteroatoms. The molecular formula is C16H13NO5. The van der Waals surface area contributed by atoms with Gasteiger partial charge >= 0.3 is 11.9 Å². The van der Waals surface area contributed by atoms with Crippen LogP contribution in [-0.4, -0.2) is 22.4 Å². The van der Waals surface area contributed by atoms with Crippen molar-refractivity contribution in [1.29, 1.82) is 0 Å². The van der Waals surface area contributed by atoms with Crippen LogP contribution in [0, 0.1) is 12.3 Å². The Morgan fingerprint density at radius 2 is 1.59 bits per heavy atom. The lowest BCUT2D eigenvalue weighted by molar-refractivity contribution is -0.134. The normalized spacial score (nSPS) is 10.1. The molecule has 0 saturated heterocycles. The summed E-state index contributed by atoms with van der Waals surface area (Å²) in [4.78, 5) is 34.1. The highest BCUT2D eigenvalue weighted by atomic mass is 16.6. The van der Waals surface area contributed by atoms with Crippen molar-refractivity contribution in [2.45, 2.75) is 20.8 Å². The number of esters is 2. The quantitative estimate of drug-likeness (QED) is 0.482. The molecule has 2 rings (SSSR count). The molecule has 0 radical (unpaired) electrons. The molecule has 0 aliphatic heterocycles. The first-order valence-corrected chi connectivity index (χ1v) is 6.37. The van der Waals surface area contributed by atoms with E-state index in [9.17, 15) is 14.4 Å². The number of ether oxygens (including phenoxy) is 2. The first-order chi connectivity index (χ1) is 10.3. The number of fused-ring (bicyclic) bond motifs is 1. The first-order valence-electron chi connectivity index (χ1n) is 6.37. The molecule has 0 amide bonds. The van der Waals surface area contributed by atoms with Gasteiger partial charge in [-0.25, -0.2) is 0 Å². The molecule has 2 aromatic rings. The van der Waals surface area contributed by atoms with Crippen LogP contribution < -0.4 is 9.47 Å². The van der Waals surface area contributed by atoms with Crippen LogP contribution in [0.3, 0.4) is 0 Å². The summed E-state index contributed by atoms with van der Waals surface area (Å²) < 4.78 is 11.4. The molecule has 0 saturated carbocycles. The Balaban J connectivity index is 2.77. The third-order valence-corrected chi connectivity index (χ3v) is 2.87. The number of aromatic nitrogens is 1. The monoisotopic (exact) mass is 299 g/mol. The fourth-order valence-corrected chi connectivity index (χ4v) is 2.08. The van der Waals surface area contributed by atoms with E-state index in [1.54, 1.807) is 0 Å². The van der Waals surface area contributed by atoms with Crippen LogP contribution in [0.5, 0.6) is 11.5 Å². The lowest BCUT2D eigenvalue weighted by atomic mass is 10.1. The van der Waals surface area contributed by atoms with Gasteiger partial charge in [0.15, 0.2) is 11.5 Å². The zero-order valence-corrected chi connectivity index (χ0v) is 12.3. The highest BCUT2D eigenvalue weighted by Gasteiger charge is 2.17. The zero-order chi connectivity index (χ0) is 16.4. The molecule has 1 aromatic heterocycles. The Morgan fingerprint density at radius 1 is 1.05 bits per heavy atom. The van der Waals surface area contributed by atoms with E-state index in [0.29, 0.717) is 16.5 Å². The lowest BCUT2D eigenvalue weighted by Crippen LogP contribution is -2.08. The van der Waals surface area contributed by atoms with Crippen molar-refractivity contribution in [3.8, 4) is 23.8 Å². The predicted molar refractivity (Wildman–Crippen MR) is 78.8 cm³/mol. The summed E-state index contributed by atoms with van der Waals surface area (Å²) in [6.07, 6.45) is 6.93. The summed E-state index contributed by atoms with van der Waals surface area (Å²) in [5.41, 5.74) is 0.931. The smallest absolute Gasteiger partial charge is 0.308 e. The van der Waals surface area contributed by atoms with Crippen molar-refractivity contribution in [3.63, 3.8) is 0 Å². The first kappa shape index (κ1) is 15.3. The minimum atomic E-state index is -0.578. The summed E-state index contributed by atoms with van der Waals surface area (Å²) in [5, 5.41) is 0.546. The Labute approximate surface area is 126 Å². The second kappa shape index (κ2) is 5.74. The summed E-state index contributed by atoms with van der Waals surface area (Å²) in [6.45, 7) is 3.83. The standard InChI is InChI=1S/C16H13NO5/c1-5-12-8-17(9(2)18)14-7-16(22-11(4)20)15(6-13(12)14)21-10(3)19/h1,6-8H,2-4H3. The van der Waals surface area contributed by atoms with E-state index >= 15 is 0 Å². The third kappa shape index (κ3) is 2.83. The average molecular weight is 299 g/mol. The summed E-state index contributed by atoms with van der Waals surface area (Å²) in [5.74, 6) is 1.17. The lowest BCUT2D eigenvalue weighted by Gasteiger charge is -2.10. The van der Waals surface area contributed by atoms with Crippen molar-refractivity contribution in [2.75, 3.05) is 0 Å². The largest absolute Gasteiger partial charge is 0.423 e. The van der Waals surface area contributed by atoms with E-state index in [-0.39, 0.29) is 17.4 Å². The van der Waals surface area contributed by atoms with Gasteiger partial charge in [-0.1, -0.05) is 5.92 Å². The second-order valence-corrected chi connectivity index (χ2v) is 4.58.